The normalized spacial score (nSPS) is 11.2. The summed E-state index contributed by atoms with van der Waals surface area (Å²) in [5.74, 6) is 2.11. The molecule has 36 heavy (non-hydrogen) atoms. The summed E-state index contributed by atoms with van der Waals surface area (Å²) < 4.78 is 17.7. The number of non-ortho nitro benzene ring substituents is 1. The SMILES string of the molecule is CCOc1cc(/C=C(/C#N)c2nc3ccc(OC)cc3[nH]2)cc(Br)c1OCc1ccc([N+](=O)[O-])cc1. The summed E-state index contributed by atoms with van der Waals surface area (Å²) in [7, 11) is 1.59. The molecule has 0 aliphatic carbocycles. The number of hydrogen-bond acceptors (Lipinski definition) is 7. The number of nitro benzene ring substituents is 1. The van der Waals surface area contributed by atoms with E-state index in [0.717, 1.165) is 16.6 Å². The lowest BCUT2D eigenvalue weighted by Crippen LogP contribution is -2.01. The summed E-state index contributed by atoms with van der Waals surface area (Å²) in [6.07, 6.45) is 1.71. The van der Waals surface area contributed by atoms with E-state index in [4.69, 9.17) is 14.2 Å². The molecule has 0 aliphatic rings. The Hall–Kier alpha value is -4.36. The van der Waals surface area contributed by atoms with Crippen LogP contribution in [-0.2, 0) is 6.61 Å². The number of allylic oxidation sites excluding steroid dienone is 1. The number of hydrogen-bond donors (Lipinski definition) is 1. The summed E-state index contributed by atoms with van der Waals surface area (Å²) >= 11 is 3.54. The Morgan fingerprint density at radius 3 is 2.64 bits per heavy atom. The van der Waals surface area contributed by atoms with Crippen molar-refractivity contribution in [1.82, 2.24) is 9.97 Å². The Bertz CT molecular complexity index is 1490. The molecule has 1 heterocycles. The first-order valence-electron chi connectivity index (χ1n) is 10.9. The zero-order valence-corrected chi connectivity index (χ0v) is 21.0. The predicted octanol–water partition coefficient (Wildman–Crippen LogP) is 6.28. The molecule has 0 bridgehead atoms. The standard InChI is InChI=1S/C26H21BrN4O5/c1-3-35-24-12-17(10-18(14-28)26-29-22-9-8-20(34-2)13-23(22)30-26)11-21(27)25(24)36-15-16-4-6-19(7-5-16)31(32)33/h4-13H,3,15H2,1-2H3,(H,29,30)/b18-10-. The maximum atomic E-state index is 10.9. The minimum atomic E-state index is -0.446. The van der Waals surface area contributed by atoms with Gasteiger partial charge in [0.1, 0.15) is 24.3 Å². The molecule has 0 unspecified atom stereocenters. The molecule has 0 spiro atoms. The summed E-state index contributed by atoms with van der Waals surface area (Å²) in [6.45, 7) is 2.46. The van der Waals surface area contributed by atoms with Crippen LogP contribution in [0.1, 0.15) is 23.9 Å². The van der Waals surface area contributed by atoms with Crippen molar-refractivity contribution in [3.63, 3.8) is 0 Å². The number of imidazole rings is 1. The molecule has 182 valence electrons. The molecule has 0 aliphatic heterocycles. The predicted molar refractivity (Wildman–Crippen MR) is 139 cm³/mol. The first-order valence-corrected chi connectivity index (χ1v) is 11.7. The molecular formula is C26H21BrN4O5. The maximum Gasteiger partial charge on any atom is 0.269 e. The maximum absolute atomic E-state index is 10.9. The van der Waals surface area contributed by atoms with Crippen LogP contribution in [0.4, 0.5) is 5.69 Å². The largest absolute Gasteiger partial charge is 0.497 e. The number of nitro groups is 1. The monoisotopic (exact) mass is 548 g/mol. The van der Waals surface area contributed by atoms with E-state index in [-0.39, 0.29) is 12.3 Å². The van der Waals surface area contributed by atoms with E-state index in [1.807, 2.05) is 31.2 Å². The van der Waals surface area contributed by atoms with E-state index in [0.29, 0.717) is 45.3 Å². The molecule has 0 radical (unpaired) electrons. The van der Waals surface area contributed by atoms with Crippen molar-refractivity contribution in [1.29, 1.82) is 5.26 Å². The number of nitrogens with zero attached hydrogens (tertiary/aromatic N) is 3. The Morgan fingerprint density at radius 1 is 1.19 bits per heavy atom. The highest BCUT2D eigenvalue weighted by atomic mass is 79.9. The fourth-order valence-corrected chi connectivity index (χ4v) is 4.08. The number of aromatic amines is 1. The highest BCUT2D eigenvalue weighted by Crippen LogP contribution is 2.38. The highest BCUT2D eigenvalue weighted by Gasteiger charge is 2.15. The minimum absolute atomic E-state index is 0.0166. The number of aromatic nitrogens is 2. The molecule has 0 saturated heterocycles. The quantitative estimate of drug-likeness (QED) is 0.148. The van der Waals surface area contributed by atoms with Gasteiger partial charge in [0.15, 0.2) is 11.5 Å². The third-order valence-electron chi connectivity index (χ3n) is 5.24. The van der Waals surface area contributed by atoms with Gasteiger partial charge in [0.25, 0.3) is 5.69 Å². The van der Waals surface area contributed by atoms with E-state index in [9.17, 15) is 15.4 Å². The number of H-pyrrole nitrogens is 1. The number of benzene rings is 3. The van der Waals surface area contributed by atoms with Gasteiger partial charge in [-0.25, -0.2) is 4.98 Å². The highest BCUT2D eigenvalue weighted by molar-refractivity contribution is 9.10. The van der Waals surface area contributed by atoms with Crippen LogP contribution in [-0.4, -0.2) is 28.6 Å². The number of nitrogens with one attached hydrogen (secondary N) is 1. The molecule has 4 aromatic rings. The summed E-state index contributed by atoms with van der Waals surface area (Å²) in [6, 6.07) is 17.4. The van der Waals surface area contributed by atoms with Crippen LogP contribution in [0.25, 0.3) is 22.7 Å². The van der Waals surface area contributed by atoms with Crippen molar-refractivity contribution in [2.24, 2.45) is 0 Å². The van der Waals surface area contributed by atoms with Crippen molar-refractivity contribution in [3.05, 3.63) is 86.1 Å². The lowest BCUT2D eigenvalue weighted by Gasteiger charge is -2.15. The van der Waals surface area contributed by atoms with Crippen molar-refractivity contribution in [2.75, 3.05) is 13.7 Å². The van der Waals surface area contributed by atoms with Gasteiger partial charge in [-0.05, 0) is 76.5 Å². The molecule has 1 N–H and O–H groups in total. The Labute approximate surface area is 215 Å². The van der Waals surface area contributed by atoms with Crippen molar-refractivity contribution in [2.45, 2.75) is 13.5 Å². The van der Waals surface area contributed by atoms with Gasteiger partial charge in [-0.15, -0.1) is 0 Å². The number of rotatable bonds is 9. The second-order valence-electron chi connectivity index (χ2n) is 7.61. The molecule has 0 saturated carbocycles. The number of ether oxygens (including phenoxy) is 3. The van der Waals surface area contributed by atoms with Crippen LogP contribution in [0, 0.1) is 21.4 Å². The fourth-order valence-electron chi connectivity index (χ4n) is 3.51. The van der Waals surface area contributed by atoms with E-state index in [2.05, 4.69) is 32.0 Å². The lowest BCUT2D eigenvalue weighted by molar-refractivity contribution is -0.384. The average Bonchev–Trinajstić information content (AvgIpc) is 3.30. The summed E-state index contributed by atoms with van der Waals surface area (Å²) in [5.41, 5.74) is 3.33. The molecule has 10 heteroatoms. The Kier molecular flexibility index (Phi) is 7.51. The molecule has 4 rings (SSSR count). The van der Waals surface area contributed by atoms with Crippen LogP contribution in [0.2, 0.25) is 0 Å². The van der Waals surface area contributed by atoms with E-state index >= 15 is 0 Å². The average molecular weight is 549 g/mol. The van der Waals surface area contributed by atoms with Gasteiger partial charge in [-0.2, -0.15) is 5.26 Å². The molecular weight excluding hydrogens is 528 g/mol. The van der Waals surface area contributed by atoms with Crippen molar-refractivity contribution < 1.29 is 19.1 Å². The third kappa shape index (κ3) is 5.47. The van der Waals surface area contributed by atoms with Crippen LogP contribution in [0.3, 0.4) is 0 Å². The molecule has 0 atom stereocenters. The van der Waals surface area contributed by atoms with Gasteiger partial charge in [-0.1, -0.05) is 0 Å². The zero-order chi connectivity index (χ0) is 25.7. The Balaban J connectivity index is 1.62. The van der Waals surface area contributed by atoms with Crippen molar-refractivity contribution >= 4 is 44.3 Å². The molecule has 0 amide bonds. The molecule has 9 nitrogen and oxygen atoms in total. The van der Waals surface area contributed by atoms with Gasteiger partial charge in [0.05, 0.1) is 39.7 Å². The van der Waals surface area contributed by atoms with Gasteiger partial charge < -0.3 is 19.2 Å². The first-order chi connectivity index (χ1) is 17.4. The third-order valence-corrected chi connectivity index (χ3v) is 5.83. The number of nitriles is 1. The zero-order valence-electron chi connectivity index (χ0n) is 19.4. The van der Waals surface area contributed by atoms with E-state index in [1.54, 1.807) is 31.4 Å². The number of halogens is 1. The number of fused-ring (bicyclic) bond motifs is 1. The topological polar surface area (TPSA) is 123 Å². The summed E-state index contributed by atoms with van der Waals surface area (Å²) in [5, 5.41) is 20.7. The summed E-state index contributed by atoms with van der Waals surface area (Å²) in [4.78, 5) is 18.1. The van der Waals surface area contributed by atoms with Crippen LogP contribution >= 0.6 is 15.9 Å². The van der Waals surface area contributed by atoms with E-state index < -0.39 is 4.92 Å². The van der Waals surface area contributed by atoms with Gasteiger partial charge in [0.2, 0.25) is 0 Å². The molecule has 3 aromatic carbocycles. The molecule has 0 fully saturated rings. The number of methoxy groups -OCH3 is 1. The molecule has 1 aromatic heterocycles. The minimum Gasteiger partial charge on any atom is -0.497 e. The van der Waals surface area contributed by atoms with Crippen LogP contribution in [0.5, 0.6) is 17.2 Å². The lowest BCUT2D eigenvalue weighted by atomic mass is 10.1. The van der Waals surface area contributed by atoms with Crippen molar-refractivity contribution in [3.8, 4) is 23.3 Å². The van der Waals surface area contributed by atoms with Gasteiger partial charge in [0, 0.05) is 18.2 Å². The second kappa shape index (κ2) is 10.9. The smallest absolute Gasteiger partial charge is 0.269 e. The van der Waals surface area contributed by atoms with Gasteiger partial charge in [-0.3, -0.25) is 10.1 Å². The fraction of sp³-hybridized carbons (Fsp3) is 0.154. The van der Waals surface area contributed by atoms with Gasteiger partial charge >= 0.3 is 0 Å². The van der Waals surface area contributed by atoms with Crippen LogP contribution in [0.15, 0.2) is 59.1 Å². The van der Waals surface area contributed by atoms with E-state index in [1.165, 1.54) is 12.1 Å². The van der Waals surface area contributed by atoms with Crippen LogP contribution < -0.4 is 14.2 Å². The Morgan fingerprint density at radius 2 is 1.97 bits per heavy atom. The second-order valence-corrected chi connectivity index (χ2v) is 8.47. The first kappa shape index (κ1) is 24.8.